The molecule has 0 N–H and O–H groups in total. The predicted octanol–water partition coefficient (Wildman–Crippen LogP) is 4.86. The summed E-state index contributed by atoms with van der Waals surface area (Å²) in [5, 5.41) is 0. The minimum Gasteiger partial charge on any atom is -0.339 e. The summed E-state index contributed by atoms with van der Waals surface area (Å²) in [4.78, 5) is 59.3. The first-order valence-corrected chi connectivity index (χ1v) is 16.7. The topological polar surface area (TPSA) is 81.2 Å². The van der Waals surface area contributed by atoms with Gasteiger partial charge in [-0.1, -0.05) is 108 Å². The zero-order valence-corrected chi connectivity index (χ0v) is 27.8. The highest BCUT2D eigenvalue weighted by molar-refractivity contribution is 8.27. The minimum atomic E-state index is -0.184. The minimum absolute atomic E-state index is 0.0772. The molecule has 3 fully saturated rings. The van der Waals surface area contributed by atoms with E-state index in [0.717, 1.165) is 22.3 Å². The van der Waals surface area contributed by atoms with Crippen molar-refractivity contribution in [2.75, 3.05) is 39.3 Å². The molecule has 0 saturated carbocycles. The van der Waals surface area contributed by atoms with Gasteiger partial charge in [0.1, 0.15) is 8.64 Å². The van der Waals surface area contributed by atoms with Crippen LogP contribution in [0.3, 0.4) is 0 Å². The normalized spacial score (nSPS) is 19.2. The number of amides is 4. The highest BCUT2D eigenvalue weighted by Gasteiger charge is 2.34. The summed E-state index contributed by atoms with van der Waals surface area (Å²) in [5.74, 6) is -0.523. The van der Waals surface area contributed by atoms with E-state index in [0.29, 0.717) is 44.6 Å². The SMILES string of the molecule is Cc1ccc(/C=C2\SC(=S)N(CCC(=O)N3CCN(C(=O)CCN4C(=O)/C(=C/c5ccc(C)cc5)SC4=S)CC3)C2=O)cc1. The van der Waals surface area contributed by atoms with Crippen LogP contribution in [0.25, 0.3) is 12.2 Å². The van der Waals surface area contributed by atoms with Crippen LogP contribution in [-0.2, 0) is 19.2 Å². The summed E-state index contributed by atoms with van der Waals surface area (Å²) in [6.45, 7) is 6.10. The summed E-state index contributed by atoms with van der Waals surface area (Å²) in [6.07, 6.45) is 3.96. The first-order valence-electron chi connectivity index (χ1n) is 14.3. The van der Waals surface area contributed by atoms with E-state index in [1.54, 1.807) is 9.80 Å². The molecule has 5 rings (SSSR count). The number of nitrogens with zero attached hydrogens (tertiary/aromatic N) is 4. The fourth-order valence-electron chi connectivity index (χ4n) is 4.95. The van der Waals surface area contributed by atoms with Gasteiger partial charge in [0, 0.05) is 52.1 Å². The predicted molar refractivity (Wildman–Crippen MR) is 185 cm³/mol. The average Bonchev–Trinajstić information content (AvgIpc) is 3.44. The monoisotopic (exact) mass is 664 g/mol. The number of thioether (sulfide) groups is 2. The van der Waals surface area contributed by atoms with Crippen molar-refractivity contribution in [1.82, 2.24) is 19.6 Å². The number of thiocarbonyl (C=S) groups is 2. The van der Waals surface area contributed by atoms with Gasteiger partial charge in [0.2, 0.25) is 11.8 Å². The van der Waals surface area contributed by atoms with Crippen LogP contribution in [0.2, 0.25) is 0 Å². The van der Waals surface area contributed by atoms with Gasteiger partial charge >= 0.3 is 0 Å². The molecule has 0 aliphatic carbocycles. The van der Waals surface area contributed by atoms with E-state index in [-0.39, 0.29) is 49.6 Å². The summed E-state index contributed by atoms with van der Waals surface area (Å²) >= 11 is 13.3. The van der Waals surface area contributed by atoms with Gasteiger partial charge in [0.25, 0.3) is 11.8 Å². The number of rotatable bonds is 8. The van der Waals surface area contributed by atoms with Crippen LogP contribution in [0.1, 0.15) is 35.1 Å². The number of hydrogen-bond donors (Lipinski definition) is 0. The van der Waals surface area contributed by atoms with E-state index in [1.807, 2.05) is 74.5 Å². The lowest BCUT2D eigenvalue weighted by Crippen LogP contribution is -2.51. The maximum absolute atomic E-state index is 13.0. The molecule has 0 unspecified atom stereocenters. The van der Waals surface area contributed by atoms with Gasteiger partial charge in [-0.25, -0.2) is 0 Å². The van der Waals surface area contributed by atoms with Crippen molar-refractivity contribution >= 4 is 92.4 Å². The molecule has 0 bridgehead atoms. The van der Waals surface area contributed by atoms with Gasteiger partial charge in [0.05, 0.1) is 9.81 Å². The third kappa shape index (κ3) is 7.66. The lowest BCUT2D eigenvalue weighted by molar-refractivity contribution is -0.140. The van der Waals surface area contributed by atoms with Crippen LogP contribution in [0.5, 0.6) is 0 Å². The van der Waals surface area contributed by atoms with E-state index >= 15 is 0 Å². The summed E-state index contributed by atoms with van der Waals surface area (Å²) < 4.78 is 0.896. The van der Waals surface area contributed by atoms with Crippen molar-refractivity contribution in [2.24, 2.45) is 0 Å². The molecular weight excluding hydrogens is 633 g/mol. The van der Waals surface area contributed by atoms with E-state index in [4.69, 9.17) is 24.4 Å². The Kier molecular flexibility index (Phi) is 10.3. The fraction of sp³-hybridized carbons (Fsp3) is 0.312. The lowest BCUT2D eigenvalue weighted by Gasteiger charge is -2.35. The molecule has 3 heterocycles. The Morgan fingerprint density at radius 1 is 0.659 bits per heavy atom. The van der Waals surface area contributed by atoms with Gasteiger partial charge in [-0.3, -0.25) is 29.0 Å². The van der Waals surface area contributed by atoms with Crippen molar-refractivity contribution in [1.29, 1.82) is 0 Å². The maximum Gasteiger partial charge on any atom is 0.266 e. The molecular formula is C32H32N4O4S4. The fourth-order valence-corrected chi connectivity index (χ4v) is 7.57. The van der Waals surface area contributed by atoms with E-state index in [9.17, 15) is 19.2 Å². The number of aryl methyl sites for hydroxylation is 2. The number of carbonyl (C=O) groups is 4. The molecule has 4 amide bonds. The average molecular weight is 665 g/mol. The molecule has 3 saturated heterocycles. The highest BCUT2D eigenvalue weighted by Crippen LogP contribution is 2.34. The second-order valence-corrected chi connectivity index (χ2v) is 14.1. The van der Waals surface area contributed by atoms with Gasteiger partial charge in [0.15, 0.2) is 0 Å². The Bertz CT molecular complexity index is 1440. The van der Waals surface area contributed by atoms with Crippen LogP contribution in [-0.4, -0.2) is 91.1 Å². The Balaban J connectivity index is 1.06. The van der Waals surface area contributed by atoms with Crippen molar-refractivity contribution in [2.45, 2.75) is 26.7 Å². The zero-order chi connectivity index (χ0) is 31.4. The third-order valence-electron chi connectivity index (χ3n) is 7.58. The van der Waals surface area contributed by atoms with Gasteiger partial charge < -0.3 is 9.80 Å². The summed E-state index contributed by atoms with van der Waals surface area (Å²) in [7, 11) is 0. The third-order valence-corrected chi connectivity index (χ3v) is 10.3. The first kappa shape index (κ1) is 32.1. The van der Waals surface area contributed by atoms with E-state index in [1.165, 1.54) is 33.3 Å². The molecule has 2 aromatic rings. The Hall–Kier alpha value is -3.32. The van der Waals surface area contributed by atoms with Crippen molar-refractivity contribution in [3.05, 3.63) is 80.6 Å². The van der Waals surface area contributed by atoms with E-state index < -0.39 is 0 Å². The second kappa shape index (κ2) is 14.2. The van der Waals surface area contributed by atoms with Crippen LogP contribution >= 0.6 is 48.0 Å². The summed E-state index contributed by atoms with van der Waals surface area (Å²) in [6, 6.07) is 15.8. The molecule has 3 aliphatic rings. The summed E-state index contributed by atoms with van der Waals surface area (Å²) in [5.41, 5.74) is 4.13. The number of hydrogen-bond acceptors (Lipinski definition) is 8. The molecule has 3 aliphatic heterocycles. The first-order chi connectivity index (χ1) is 21.1. The lowest BCUT2D eigenvalue weighted by atomic mass is 10.1. The Morgan fingerprint density at radius 3 is 1.34 bits per heavy atom. The number of carbonyl (C=O) groups excluding carboxylic acids is 4. The standard InChI is InChI=1S/C32H32N4O4S4/c1-21-3-7-23(8-4-21)19-25-29(39)35(31(41)43-25)13-11-27(37)33-15-17-34(18-16-33)28(38)12-14-36-30(40)26(44-32(36)42)20-24-9-5-22(2)6-10-24/h3-10,19-20H,11-18H2,1-2H3/b25-19-,26-20-. The van der Waals surface area contributed by atoms with Crippen LogP contribution < -0.4 is 0 Å². The number of benzene rings is 2. The van der Waals surface area contributed by atoms with Gasteiger partial charge in [-0.2, -0.15) is 0 Å². The largest absolute Gasteiger partial charge is 0.339 e. The molecule has 0 aromatic heterocycles. The quantitative estimate of drug-likeness (QED) is 0.293. The molecule has 2 aromatic carbocycles. The van der Waals surface area contributed by atoms with Crippen molar-refractivity contribution in [3.63, 3.8) is 0 Å². The van der Waals surface area contributed by atoms with Gasteiger partial charge in [-0.15, -0.1) is 0 Å². The maximum atomic E-state index is 13.0. The van der Waals surface area contributed by atoms with Crippen molar-refractivity contribution < 1.29 is 19.2 Å². The van der Waals surface area contributed by atoms with E-state index in [2.05, 4.69) is 0 Å². The van der Waals surface area contributed by atoms with Crippen molar-refractivity contribution in [3.8, 4) is 0 Å². The Labute approximate surface area is 276 Å². The van der Waals surface area contributed by atoms with Crippen LogP contribution in [0, 0.1) is 13.8 Å². The molecule has 0 radical (unpaired) electrons. The molecule has 0 atom stereocenters. The molecule has 44 heavy (non-hydrogen) atoms. The Morgan fingerprint density at radius 2 is 1.00 bits per heavy atom. The molecule has 228 valence electrons. The van der Waals surface area contributed by atoms with Gasteiger partial charge in [-0.05, 0) is 37.1 Å². The van der Waals surface area contributed by atoms with Crippen LogP contribution in [0.15, 0.2) is 58.3 Å². The number of piperazine rings is 1. The molecule has 8 nitrogen and oxygen atoms in total. The zero-order valence-electron chi connectivity index (χ0n) is 24.5. The smallest absolute Gasteiger partial charge is 0.266 e. The highest BCUT2D eigenvalue weighted by atomic mass is 32.2. The second-order valence-electron chi connectivity index (χ2n) is 10.7. The molecule has 0 spiro atoms. The molecule has 12 heteroatoms. The van der Waals surface area contributed by atoms with Crippen LogP contribution in [0.4, 0.5) is 0 Å².